The first-order valence-electron chi connectivity index (χ1n) is 7.16. The molecule has 4 atom stereocenters. The molecule has 0 radical (unpaired) electrons. The molecular weight excluding hydrogens is 196 g/mol. The molecule has 2 N–H and O–H groups in total. The molecule has 2 aliphatic rings. The third kappa shape index (κ3) is 2.98. The highest BCUT2D eigenvalue weighted by Gasteiger charge is 2.28. The summed E-state index contributed by atoms with van der Waals surface area (Å²) in [6, 6.07) is 1.31. The first-order valence-corrected chi connectivity index (χ1v) is 7.16. The highest BCUT2D eigenvalue weighted by atomic mass is 15.2. The predicted molar refractivity (Wildman–Crippen MR) is 69.4 cm³/mol. The van der Waals surface area contributed by atoms with Gasteiger partial charge in [0.15, 0.2) is 0 Å². The van der Waals surface area contributed by atoms with Gasteiger partial charge in [0.1, 0.15) is 0 Å². The molecule has 0 amide bonds. The lowest BCUT2D eigenvalue weighted by Crippen LogP contribution is -2.49. The molecule has 2 rings (SSSR count). The van der Waals surface area contributed by atoms with E-state index in [2.05, 4.69) is 18.7 Å². The lowest BCUT2D eigenvalue weighted by atomic mass is 9.92. The second-order valence-corrected chi connectivity index (χ2v) is 6.19. The highest BCUT2D eigenvalue weighted by Crippen LogP contribution is 2.28. The number of hydrogen-bond acceptors (Lipinski definition) is 2. The molecule has 0 aromatic carbocycles. The van der Waals surface area contributed by atoms with E-state index < -0.39 is 0 Å². The summed E-state index contributed by atoms with van der Waals surface area (Å²) < 4.78 is 0. The number of nitrogens with two attached hydrogens (primary N) is 1. The molecule has 16 heavy (non-hydrogen) atoms. The van der Waals surface area contributed by atoms with Gasteiger partial charge in [0.05, 0.1) is 0 Å². The van der Waals surface area contributed by atoms with Gasteiger partial charge < -0.3 is 10.6 Å². The number of piperidine rings is 1. The van der Waals surface area contributed by atoms with Crippen LogP contribution >= 0.6 is 0 Å². The molecule has 2 nitrogen and oxygen atoms in total. The fourth-order valence-corrected chi connectivity index (χ4v) is 3.36. The van der Waals surface area contributed by atoms with E-state index >= 15 is 0 Å². The third-order valence-electron chi connectivity index (χ3n) is 4.75. The predicted octanol–water partition coefficient (Wildman–Crippen LogP) is 2.62. The van der Waals surface area contributed by atoms with Crippen LogP contribution in [0.5, 0.6) is 0 Å². The first-order chi connectivity index (χ1) is 7.66. The van der Waals surface area contributed by atoms with Gasteiger partial charge in [-0.2, -0.15) is 0 Å². The molecule has 0 bridgehead atoms. The Bertz CT molecular complexity index is 215. The maximum atomic E-state index is 6.10. The van der Waals surface area contributed by atoms with Gasteiger partial charge in [-0.05, 0) is 44.1 Å². The molecule has 1 heterocycles. The van der Waals surface area contributed by atoms with Crippen LogP contribution in [-0.2, 0) is 0 Å². The van der Waals surface area contributed by atoms with Crippen molar-refractivity contribution in [2.75, 3.05) is 13.1 Å². The molecule has 1 saturated carbocycles. The maximum absolute atomic E-state index is 6.10. The topological polar surface area (TPSA) is 29.3 Å². The molecule has 1 aliphatic carbocycles. The smallest absolute Gasteiger partial charge is 0.00954 e. The molecule has 2 fully saturated rings. The Labute approximate surface area is 101 Å². The number of hydrogen-bond donors (Lipinski definition) is 1. The number of nitrogens with zero attached hydrogens (tertiary/aromatic N) is 1. The zero-order chi connectivity index (χ0) is 11.5. The van der Waals surface area contributed by atoms with E-state index in [-0.39, 0.29) is 0 Å². The minimum atomic E-state index is 0.445. The van der Waals surface area contributed by atoms with Gasteiger partial charge in [-0.3, -0.25) is 0 Å². The molecule has 94 valence electrons. The van der Waals surface area contributed by atoms with E-state index in [1.165, 1.54) is 51.6 Å². The zero-order valence-corrected chi connectivity index (χ0v) is 11.0. The van der Waals surface area contributed by atoms with Crippen molar-refractivity contribution in [2.24, 2.45) is 17.6 Å². The van der Waals surface area contributed by atoms with Crippen LogP contribution in [0.3, 0.4) is 0 Å². The Kier molecular flexibility index (Phi) is 4.26. The summed E-state index contributed by atoms with van der Waals surface area (Å²) in [5.74, 6) is 1.64. The zero-order valence-electron chi connectivity index (χ0n) is 11.0. The molecule has 0 aromatic heterocycles. The highest BCUT2D eigenvalue weighted by molar-refractivity contribution is 4.85. The van der Waals surface area contributed by atoms with E-state index in [9.17, 15) is 0 Å². The minimum absolute atomic E-state index is 0.445. The van der Waals surface area contributed by atoms with Crippen LogP contribution < -0.4 is 5.73 Å². The van der Waals surface area contributed by atoms with Crippen molar-refractivity contribution in [1.29, 1.82) is 0 Å². The fourth-order valence-electron chi connectivity index (χ4n) is 3.36. The molecular formula is C14H28N2. The Hall–Kier alpha value is -0.0800. The van der Waals surface area contributed by atoms with Gasteiger partial charge in [0.25, 0.3) is 0 Å². The van der Waals surface area contributed by atoms with Gasteiger partial charge in [0, 0.05) is 18.6 Å². The average Bonchev–Trinajstić information content (AvgIpc) is 2.47. The number of likely N-dealkylation sites (tertiary alicyclic amines) is 1. The van der Waals surface area contributed by atoms with Crippen LogP contribution in [0.2, 0.25) is 0 Å². The largest absolute Gasteiger partial charge is 0.327 e. The SMILES string of the molecule is CC1CCCC(N2CCC(N)C(C)C2)CC1. The van der Waals surface area contributed by atoms with E-state index in [0.29, 0.717) is 12.0 Å². The second-order valence-electron chi connectivity index (χ2n) is 6.19. The summed E-state index contributed by atoms with van der Waals surface area (Å²) in [6.45, 7) is 7.21. The van der Waals surface area contributed by atoms with Crippen molar-refractivity contribution in [1.82, 2.24) is 4.90 Å². The lowest BCUT2D eigenvalue weighted by molar-refractivity contribution is 0.106. The Morgan fingerprint density at radius 1 is 1.00 bits per heavy atom. The van der Waals surface area contributed by atoms with Gasteiger partial charge in [-0.25, -0.2) is 0 Å². The van der Waals surface area contributed by atoms with Crippen molar-refractivity contribution < 1.29 is 0 Å². The van der Waals surface area contributed by atoms with Gasteiger partial charge in [-0.1, -0.05) is 26.7 Å². The van der Waals surface area contributed by atoms with E-state index in [0.717, 1.165) is 12.0 Å². The Morgan fingerprint density at radius 2 is 1.81 bits per heavy atom. The third-order valence-corrected chi connectivity index (χ3v) is 4.75. The first kappa shape index (κ1) is 12.4. The van der Waals surface area contributed by atoms with Crippen LogP contribution in [0.25, 0.3) is 0 Å². The molecule has 4 unspecified atom stereocenters. The summed E-state index contributed by atoms with van der Waals surface area (Å²) >= 11 is 0. The van der Waals surface area contributed by atoms with Crippen molar-refractivity contribution in [2.45, 2.75) is 64.5 Å². The molecule has 0 spiro atoms. The van der Waals surface area contributed by atoms with Crippen LogP contribution in [0.1, 0.15) is 52.4 Å². The second kappa shape index (κ2) is 5.50. The van der Waals surface area contributed by atoms with E-state index in [4.69, 9.17) is 5.73 Å². The summed E-state index contributed by atoms with van der Waals surface area (Å²) in [6.07, 6.45) is 8.35. The van der Waals surface area contributed by atoms with Gasteiger partial charge in [-0.15, -0.1) is 0 Å². The Balaban J connectivity index is 1.87. The monoisotopic (exact) mass is 224 g/mol. The van der Waals surface area contributed by atoms with Crippen molar-refractivity contribution in [3.63, 3.8) is 0 Å². The average molecular weight is 224 g/mol. The van der Waals surface area contributed by atoms with Crippen LogP contribution in [0.15, 0.2) is 0 Å². The van der Waals surface area contributed by atoms with Crippen molar-refractivity contribution >= 4 is 0 Å². The maximum Gasteiger partial charge on any atom is 0.00954 e. The van der Waals surface area contributed by atoms with Crippen molar-refractivity contribution in [3.05, 3.63) is 0 Å². The summed E-state index contributed by atoms with van der Waals surface area (Å²) in [7, 11) is 0. The van der Waals surface area contributed by atoms with E-state index in [1.807, 2.05) is 0 Å². The molecule has 1 saturated heterocycles. The summed E-state index contributed by atoms with van der Waals surface area (Å²) in [5.41, 5.74) is 6.10. The van der Waals surface area contributed by atoms with E-state index in [1.54, 1.807) is 0 Å². The molecule has 2 heteroatoms. The Morgan fingerprint density at radius 3 is 2.56 bits per heavy atom. The van der Waals surface area contributed by atoms with Crippen molar-refractivity contribution in [3.8, 4) is 0 Å². The minimum Gasteiger partial charge on any atom is -0.327 e. The fraction of sp³-hybridized carbons (Fsp3) is 1.00. The standard InChI is InChI=1S/C14H28N2/c1-11-4-3-5-13(7-6-11)16-9-8-14(15)12(2)10-16/h11-14H,3-10,15H2,1-2H3. The molecule has 0 aromatic rings. The van der Waals surface area contributed by atoms with Crippen LogP contribution in [0, 0.1) is 11.8 Å². The van der Waals surface area contributed by atoms with Gasteiger partial charge >= 0.3 is 0 Å². The number of rotatable bonds is 1. The van der Waals surface area contributed by atoms with Crippen LogP contribution in [-0.4, -0.2) is 30.1 Å². The van der Waals surface area contributed by atoms with Crippen LogP contribution in [0.4, 0.5) is 0 Å². The summed E-state index contributed by atoms with van der Waals surface area (Å²) in [5, 5.41) is 0. The van der Waals surface area contributed by atoms with Gasteiger partial charge in [0.2, 0.25) is 0 Å². The molecule has 1 aliphatic heterocycles. The summed E-state index contributed by atoms with van der Waals surface area (Å²) in [4.78, 5) is 2.73. The quantitative estimate of drug-likeness (QED) is 0.694. The normalized spacial score (nSPS) is 42.9. The lowest BCUT2D eigenvalue weighted by Gasteiger charge is -2.40.